The summed E-state index contributed by atoms with van der Waals surface area (Å²) in [5, 5.41) is 9.51. The average Bonchev–Trinajstić information content (AvgIpc) is 2.00. The third-order valence-corrected chi connectivity index (χ3v) is 3.26. The zero-order valence-corrected chi connectivity index (χ0v) is 10.8. The molecule has 0 radical (unpaired) electrons. The van der Waals surface area contributed by atoms with Crippen molar-refractivity contribution in [2.75, 3.05) is 32.4 Å². The number of nitrogens with one attached hydrogen (secondary N) is 1. The third kappa shape index (κ3) is 8.80. The Bertz CT molecular complexity index is 270. The van der Waals surface area contributed by atoms with Crippen LogP contribution in [0.5, 0.6) is 0 Å². The lowest BCUT2D eigenvalue weighted by atomic mass is 10.1. The van der Waals surface area contributed by atoms with Gasteiger partial charge in [-0.05, 0) is 27.8 Å². The molecule has 0 amide bonds. The number of hydrogen-bond donors (Lipinski definition) is 2. The van der Waals surface area contributed by atoms with Crippen molar-refractivity contribution in [3.05, 3.63) is 0 Å². The van der Waals surface area contributed by atoms with E-state index in [1.807, 2.05) is 11.9 Å². The molecule has 15 heavy (non-hydrogen) atoms. The van der Waals surface area contributed by atoms with Crippen LogP contribution in [0, 0.1) is 0 Å². The molecular weight excluding hydrogens is 216 g/mol. The SMILES string of the molecule is CCS(=O)(=O)NCCN(C)CC(C)(C)O. The van der Waals surface area contributed by atoms with Crippen LogP contribution in [0.4, 0.5) is 0 Å². The molecular formula is C9H22N2O3S. The molecule has 2 N–H and O–H groups in total. The Balaban J connectivity index is 3.79. The lowest BCUT2D eigenvalue weighted by Crippen LogP contribution is -2.40. The molecule has 0 heterocycles. The molecule has 0 spiro atoms. The number of sulfonamides is 1. The van der Waals surface area contributed by atoms with Gasteiger partial charge in [0.2, 0.25) is 10.0 Å². The van der Waals surface area contributed by atoms with Crippen molar-refractivity contribution < 1.29 is 13.5 Å². The van der Waals surface area contributed by atoms with E-state index in [1.165, 1.54) is 0 Å². The second-order valence-corrected chi connectivity index (χ2v) is 6.44. The maximum Gasteiger partial charge on any atom is 0.211 e. The van der Waals surface area contributed by atoms with Crippen LogP contribution >= 0.6 is 0 Å². The predicted molar refractivity (Wildman–Crippen MR) is 61.3 cm³/mol. The highest BCUT2D eigenvalue weighted by molar-refractivity contribution is 7.89. The highest BCUT2D eigenvalue weighted by atomic mass is 32.2. The van der Waals surface area contributed by atoms with E-state index in [2.05, 4.69) is 4.72 Å². The van der Waals surface area contributed by atoms with Crippen LogP contribution in [-0.2, 0) is 10.0 Å². The Morgan fingerprint density at radius 3 is 2.33 bits per heavy atom. The van der Waals surface area contributed by atoms with Gasteiger partial charge in [-0.3, -0.25) is 0 Å². The second kappa shape index (κ2) is 5.79. The summed E-state index contributed by atoms with van der Waals surface area (Å²) in [5.74, 6) is 0.0994. The lowest BCUT2D eigenvalue weighted by Gasteiger charge is -2.25. The molecule has 6 heteroatoms. The Labute approximate surface area is 92.5 Å². The number of hydrogen-bond acceptors (Lipinski definition) is 4. The molecule has 0 fully saturated rings. The summed E-state index contributed by atoms with van der Waals surface area (Å²) in [7, 11) is -1.25. The lowest BCUT2D eigenvalue weighted by molar-refractivity contribution is 0.0453. The van der Waals surface area contributed by atoms with Gasteiger partial charge in [-0.15, -0.1) is 0 Å². The zero-order chi connectivity index (χ0) is 12.1. The van der Waals surface area contributed by atoms with E-state index in [1.54, 1.807) is 20.8 Å². The van der Waals surface area contributed by atoms with Gasteiger partial charge in [0.1, 0.15) is 0 Å². The molecule has 92 valence electrons. The van der Waals surface area contributed by atoms with Crippen LogP contribution in [0.3, 0.4) is 0 Å². The van der Waals surface area contributed by atoms with Gasteiger partial charge in [-0.2, -0.15) is 0 Å². The van der Waals surface area contributed by atoms with Crippen LogP contribution < -0.4 is 4.72 Å². The van der Waals surface area contributed by atoms with Crippen LogP contribution in [-0.4, -0.2) is 56.5 Å². The van der Waals surface area contributed by atoms with E-state index in [0.29, 0.717) is 19.6 Å². The van der Waals surface area contributed by atoms with Crippen LogP contribution in [0.25, 0.3) is 0 Å². The zero-order valence-electron chi connectivity index (χ0n) is 9.95. The minimum Gasteiger partial charge on any atom is -0.389 e. The Kier molecular flexibility index (Phi) is 5.72. The number of nitrogens with zero attached hydrogens (tertiary/aromatic N) is 1. The fourth-order valence-corrected chi connectivity index (χ4v) is 1.84. The van der Waals surface area contributed by atoms with Gasteiger partial charge in [0.15, 0.2) is 0 Å². The molecule has 5 nitrogen and oxygen atoms in total. The fourth-order valence-electron chi connectivity index (χ4n) is 1.23. The number of aliphatic hydroxyl groups is 1. The molecule has 0 aliphatic rings. The molecule has 0 aliphatic heterocycles. The standard InChI is InChI=1S/C9H22N2O3S/c1-5-15(13,14)10-6-7-11(4)8-9(2,3)12/h10,12H,5-8H2,1-4H3. The molecule has 0 aromatic rings. The highest BCUT2D eigenvalue weighted by Crippen LogP contribution is 2.02. The smallest absolute Gasteiger partial charge is 0.211 e. The molecule has 0 bridgehead atoms. The van der Waals surface area contributed by atoms with E-state index in [-0.39, 0.29) is 5.75 Å². The van der Waals surface area contributed by atoms with Crippen molar-refractivity contribution in [1.29, 1.82) is 0 Å². The molecule has 0 saturated heterocycles. The van der Waals surface area contributed by atoms with Crippen LogP contribution in [0.1, 0.15) is 20.8 Å². The van der Waals surface area contributed by atoms with E-state index in [0.717, 1.165) is 0 Å². The van der Waals surface area contributed by atoms with Crippen molar-refractivity contribution in [3.8, 4) is 0 Å². The summed E-state index contributed by atoms with van der Waals surface area (Å²) in [6.07, 6.45) is 0. The largest absolute Gasteiger partial charge is 0.389 e. The van der Waals surface area contributed by atoms with E-state index >= 15 is 0 Å². The summed E-state index contributed by atoms with van der Waals surface area (Å²) >= 11 is 0. The summed E-state index contributed by atoms with van der Waals surface area (Å²) in [5.41, 5.74) is -0.752. The minimum absolute atomic E-state index is 0.0994. The molecule has 0 aromatic carbocycles. The van der Waals surface area contributed by atoms with Gasteiger partial charge in [0, 0.05) is 19.6 Å². The molecule has 0 rings (SSSR count). The molecule has 0 saturated carbocycles. The van der Waals surface area contributed by atoms with E-state index in [4.69, 9.17) is 0 Å². The van der Waals surface area contributed by atoms with Crippen molar-refractivity contribution in [3.63, 3.8) is 0 Å². The van der Waals surface area contributed by atoms with Gasteiger partial charge in [-0.1, -0.05) is 0 Å². The summed E-state index contributed by atoms with van der Waals surface area (Å²) in [4.78, 5) is 1.89. The number of rotatable bonds is 7. The maximum atomic E-state index is 11.1. The fraction of sp³-hybridized carbons (Fsp3) is 1.00. The second-order valence-electron chi connectivity index (χ2n) is 4.35. The first-order chi connectivity index (χ1) is 6.66. The van der Waals surface area contributed by atoms with Gasteiger partial charge >= 0.3 is 0 Å². The molecule has 0 unspecified atom stereocenters. The van der Waals surface area contributed by atoms with Crippen LogP contribution in [0.2, 0.25) is 0 Å². The Hall–Kier alpha value is -0.170. The molecule has 0 aromatic heterocycles. The van der Waals surface area contributed by atoms with E-state index < -0.39 is 15.6 Å². The Morgan fingerprint density at radius 1 is 1.40 bits per heavy atom. The predicted octanol–water partition coefficient (Wildman–Crippen LogP) is -0.372. The summed E-state index contributed by atoms with van der Waals surface area (Å²) in [6.45, 7) is 6.52. The van der Waals surface area contributed by atoms with Gasteiger partial charge in [0.25, 0.3) is 0 Å². The van der Waals surface area contributed by atoms with Crippen molar-refractivity contribution in [2.45, 2.75) is 26.4 Å². The monoisotopic (exact) mass is 238 g/mol. The highest BCUT2D eigenvalue weighted by Gasteiger charge is 2.15. The normalized spacial score (nSPS) is 13.5. The Morgan fingerprint density at radius 2 is 1.93 bits per heavy atom. The first-order valence-corrected chi connectivity index (χ1v) is 6.70. The molecule has 0 atom stereocenters. The first kappa shape index (κ1) is 14.8. The maximum absolute atomic E-state index is 11.1. The third-order valence-electron chi connectivity index (χ3n) is 1.85. The molecule has 0 aliphatic carbocycles. The topological polar surface area (TPSA) is 69.6 Å². The van der Waals surface area contributed by atoms with Gasteiger partial charge in [0.05, 0.1) is 11.4 Å². The quantitative estimate of drug-likeness (QED) is 0.635. The summed E-state index contributed by atoms with van der Waals surface area (Å²) in [6, 6.07) is 0. The van der Waals surface area contributed by atoms with Gasteiger partial charge in [-0.25, -0.2) is 13.1 Å². The van der Waals surface area contributed by atoms with Crippen molar-refractivity contribution >= 4 is 10.0 Å². The first-order valence-electron chi connectivity index (χ1n) is 5.04. The number of likely N-dealkylation sites (N-methyl/N-ethyl adjacent to an activating group) is 1. The summed E-state index contributed by atoms with van der Waals surface area (Å²) < 4.78 is 24.6. The van der Waals surface area contributed by atoms with Crippen molar-refractivity contribution in [1.82, 2.24) is 9.62 Å². The minimum atomic E-state index is -3.10. The average molecular weight is 238 g/mol. The van der Waals surface area contributed by atoms with E-state index in [9.17, 15) is 13.5 Å². The van der Waals surface area contributed by atoms with Gasteiger partial charge < -0.3 is 10.0 Å². The van der Waals surface area contributed by atoms with Crippen molar-refractivity contribution in [2.24, 2.45) is 0 Å². The van der Waals surface area contributed by atoms with Crippen LogP contribution in [0.15, 0.2) is 0 Å².